The number of hydrogen-bond donors (Lipinski definition) is 1. The molecule has 19 heavy (non-hydrogen) atoms. The van der Waals surface area contributed by atoms with Gasteiger partial charge in [0.25, 0.3) is 0 Å². The average Bonchev–Trinajstić information content (AvgIpc) is 2.95. The Morgan fingerprint density at radius 1 is 1.37 bits per heavy atom. The monoisotopic (exact) mass is 256 g/mol. The van der Waals surface area contributed by atoms with Gasteiger partial charge in [-0.15, -0.1) is 0 Å². The van der Waals surface area contributed by atoms with Crippen molar-refractivity contribution >= 4 is 16.9 Å². The number of carbonyl (C=O) groups is 1. The molecule has 1 aromatic carbocycles. The number of aryl methyl sites for hydroxylation is 1. The highest BCUT2D eigenvalue weighted by molar-refractivity contribution is 6.02. The minimum atomic E-state index is -1.04. The van der Waals surface area contributed by atoms with Crippen molar-refractivity contribution in [3.8, 4) is 11.3 Å². The molecule has 2 heterocycles. The quantitative estimate of drug-likeness (QED) is 0.765. The summed E-state index contributed by atoms with van der Waals surface area (Å²) in [6.07, 6.45) is 1.23. The summed E-state index contributed by atoms with van der Waals surface area (Å²) in [5.41, 5.74) is 2.84. The summed E-state index contributed by atoms with van der Waals surface area (Å²) >= 11 is 0. The highest BCUT2D eigenvalue weighted by atomic mass is 16.5. The number of aromatic nitrogens is 2. The molecular weight excluding hydrogens is 244 g/mol. The molecule has 0 atom stereocenters. The summed E-state index contributed by atoms with van der Waals surface area (Å²) in [5.74, 6) is -0.731. The van der Waals surface area contributed by atoms with Gasteiger partial charge in [0.05, 0.1) is 6.20 Å². The van der Waals surface area contributed by atoms with Crippen LogP contribution in [0.4, 0.5) is 0 Å². The third-order valence-corrected chi connectivity index (χ3v) is 3.43. The van der Waals surface area contributed by atoms with Crippen LogP contribution in [-0.4, -0.2) is 20.8 Å². The molecule has 5 nitrogen and oxygen atoms in total. The Morgan fingerprint density at radius 3 is 2.84 bits per heavy atom. The second-order valence-electron chi connectivity index (χ2n) is 4.41. The molecular formula is C14H12N2O3. The van der Waals surface area contributed by atoms with Crippen LogP contribution in [0.5, 0.6) is 0 Å². The molecule has 0 aliphatic carbocycles. The molecule has 0 saturated carbocycles. The molecule has 0 bridgehead atoms. The Morgan fingerprint density at radius 2 is 2.11 bits per heavy atom. The maximum Gasteiger partial charge on any atom is 0.341 e. The number of nitrogens with zero attached hydrogens (tertiary/aromatic N) is 2. The normalized spacial score (nSPS) is 11.1. The van der Waals surface area contributed by atoms with Gasteiger partial charge in [-0.05, 0) is 13.0 Å². The zero-order valence-corrected chi connectivity index (χ0v) is 10.5. The Bertz CT molecular complexity index is 783. The molecule has 2 aromatic heterocycles. The van der Waals surface area contributed by atoms with E-state index in [0.29, 0.717) is 5.76 Å². The molecule has 0 aliphatic rings. The van der Waals surface area contributed by atoms with E-state index in [-0.39, 0.29) is 5.56 Å². The molecule has 3 rings (SSSR count). The van der Waals surface area contributed by atoms with Crippen LogP contribution in [-0.2, 0) is 7.05 Å². The minimum absolute atomic E-state index is 0.0828. The first-order valence-corrected chi connectivity index (χ1v) is 5.83. The molecule has 0 radical (unpaired) electrons. The van der Waals surface area contributed by atoms with E-state index < -0.39 is 5.97 Å². The summed E-state index contributed by atoms with van der Waals surface area (Å²) in [5, 5.41) is 13.8. The number of para-hydroxylation sites is 1. The third kappa shape index (κ3) is 1.55. The van der Waals surface area contributed by atoms with Crippen LogP contribution >= 0.6 is 0 Å². The van der Waals surface area contributed by atoms with E-state index in [1.807, 2.05) is 42.8 Å². The lowest BCUT2D eigenvalue weighted by molar-refractivity contribution is 0.0697. The highest BCUT2D eigenvalue weighted by Gasteiger charge is 2.23. The summed E-state index contributed by atoms with van der Waals surface area (Å²) in [6.45, 7) is 1.93. The fraction of sp³-hybridized carbons (Fsp3) is 0.143. The molecule has 0 spiro atoms. The average molecular weight is 256 g/mol. The van der Waals surface area contributed by atoms with Crippen LogP contribution < -0.4 is 0 Å². The van der Waals surface area contributed by atoms with Crippen LogP contribution in [0.15, 0.2) is 35.0 Å². The zero-order chi connectivity index (χ0) is 13.6. The van der Waals surface area contributed by atoms with Crippen molar-refractivity contribution in [2.45, 2.75) is 6.92 Å². The van der Waals surface area contributed by atoms with Gasteiger partial charge in [0.1, 0.15) is 5.56 Å². The molecule has 5 heteroatoms. The van der Waals surface area contributed by atoms with E-state index in [0.717, 1.165) is 22.2 Å². The van der Waals surface area contributed by atoms with E-state index >= 15 is 0 Å². The smallest absolute Gasteiger partial charge is 0.341 e. The van der Waals surface area contributed by atoms with E-state index in [2.05, 4.69) is 5.16 Å². The van der Waals surface area contributed by atoms with Crippen molar-refractivity contribution in [2.75, 3.05) is 0 Å². The number of fused-ring (bicyclic) bond motifs is 1. The second kappa shape index (κ2) is 3.98. The van der Waals surface area contributed by atoms with Gasteiger partial charge in [-0.2, -0.15) is 0 Å². The first-order chi connectivity index (χ1) is 9.11. The minimum Gasteiger partial charge on any atom is -0.477 e. The van der Waals surface area contributed by atoms with Crippen molar-refractivity contribution in [2.24, 2.45) is 7.05 Å². The van der Waals surface area contributed by atoms with Crippen molar-refractivity contribution in [1.82, 2.24) is 9.72 Å². The number of hydrogen-bond acceptors (Lipinski definition) is 3. The Labute approximate surface area is 109 Å². The van der Waals surface area contributed by atoms with Crippen LogP contribution in [0, 0.1) is 6.92 Å². The maximum atomic E-state index is 11.2. The van der Waals surface area contributed by atoms with Gasteiger partial charge < -0.3 is 14.2 Å². The van der Waals surface area contributed by atoms with Crippen molar-refractivity contribution in [1.29, 1.82) is 0 Å². The summed E-state index contributed by atoms with van der Waals surface area (Å²) in [4.78, 5) is 11.2. The van der Waals surface area contributed by atoms with Crippen LogP contribution in [0.2, 0.25) is 0 Å². The first kappa shape index (κ1) is 11.5. The second-order valence-corrected chi connectivity index (χ2v) is 4.41. The topological polar surface area (TPSA) is 68.3 Å². The highest BCUT2D eigenvalue weighted by Crippen LogP contribution is 2.35. The van der Waals surface area contributed by atoms with Gasteiger partial charge in [-0.25, -0.2) is 4.79 Å². The fourth-order valence-electron chi connectivity index (χ4n) is 2.38. The van der Waals surface area contributed by atoms with E-state index in [1.165, 1.54) is 6.20 Å². The lowest BCUT2D eigenvalue weighted by Gasteiger charge is -1.99. The molecule has 1 N–H and O–H groups in total. The Kier molecular flexibility index (Phi) is 2.41. The Balaban J connectivity index is 2.40. The van der Waals surface area contributed by atoms with Gasteiger partial charge in [-0.1, -0.05) is 23.4 Å². The lowest BCUT2D eigenvalue weighted by Crippen LogP contribution is -1.97. The predicted octanol–water partition coefficient (Wildman–Crippen LogP) is 2.84. The number of carboxylic acid groups (broad SMARTS) is 1. The summed E-state index contributed by atoms with van der Waals surface area (Å²) < 4.78 is 7.18. The predicted molar refractivity (Wildman–Crippen MR) is 70.1 cm³/mol. The lowest BCUT2D eigenvalue weighted by atomic mass is 10.1. The maximum absolute atomic E-state index is 11.2. The molecule has 0 aliphatic heterocycles. The Hall–Kier alpha value is -2.56. The van der Waals surface area contributed by atoms with E-state index in [9.17, 15) is 9.90 Å². The van der Waals surface area contributed by atoms with Gasteiger partial charge in [-0.3, -0.25) is 0 Å². The number of carboxylic acids is 1. The third-order valence-electron chi connectivity index (χ3n) is 3.43. The van der Waals surface area contributed by atoms with E-state index in [1.54, 1.807) is 0 Å². The van der Waals surface area contributed by atoms with Gasteiger partial charge in [0, 0.05) is 29.2 Å². The van der Waals surface area contributed by atoms with Gasteiger partial charge >= 0.3 is 5.97 Å². The molecule has 0 saturated heterocycles. The summed E-state index contributed by atoms with van der Waals surface area (Å²) in [6, 6.07) is 7.81. The SMILES string of the molecule is Cc1c(-c2oncc2C(=O)O)c2ccccc2n1C. The molecule has 0 fully saturated rings. The zero-order valence-electron chi connectivity index (χ0n) is 10.5. The number of aromatic carboxylic acids is 1. The molecule has 3 aromatic rings. The fourth-order valence-corrected chi connectivity index (χ4v) is 2.38. The molecule has 96 valence electrons. The molecule has 0 amide bonds. The standard InChI is InChI=1S/C14H12N2O3/c1-8-12(13-10(14(17)18)7-15-19-13)9-5-3-4-6-11(9)16(8)2/h3-7H,1-2H3,(H,17,18). The molecule has 0 unspecified atom stereocenters. The number of rotatable bonds is 2. The first-order valence-electron chi connectivity index (χ1n) is 5.83. The van der Waals surface area contributed by atoms with Crippen molar-refractivity contribution < 1.29 is 14.4 Å². The number of benzene rings is 1. The van der Waals surface area contributed by atoms with Crippen LogP contribution in [0.25, 0.3) is 22.2 Å². The van der Waals surface area contributed by atoms with E-state index in [4.69, 9.17) is 4.52 Å². The van der Waals surface area contributed by atoms with Gasteiger partial charge in [0.15, 0.2) is 5.76 Å². The van der Waals surface area contributed by atoms with Crippen molar-refractivity contribution in [3.05, 3.63) is 41.7 Å². The van der Waals surface area contributed by atoms with Crippen LogP contribution in [0.3, 0.4) is 0 Å². The summed E-state index contributed by atoms with van der Waals surface area (Å²) in [7, 11) is 1.94. The van der Waals surface area contributed by atoms with Crippen molar-refractivity contribution in [3.63, 3.8) is 0 Å². The largest absolute Gasteiger partial charge is 0.477 e. The van der Waals surface area contributed by atoms with Gasteiger partial charge in [0.2, 0.25) is 0 Å². The van der Waals surface area contributed by atoms with Crippen LogP contribution in [0.1, 0.15) is 16.1 Å².